The summed E-state index contributed by atoms with van der Waals surface area (Å²) in [5, 5.41) is 0.990. The minimum absolute atomic E-state index is 0.0946. The molecule has 0 bridgehead atoms. The third kappa shape index (κ3) is 12.3. The second-order valence-electron chi connectivity index (χ2n) is 11.9. The molecule has 0 radical (unpaired) electrons. The molecular weight excluding hydrogens is 536 g/mol. The van der Waals surface area contributed by atoms with Crippen LogP contribution < -0.4 is 4.90 Å². The zero-order valence-corrected chi connectivity index (χ0v) is 26.7. The number of nitrogens with zero attached hydrogens (tertiary/aromatic N) is 2. The summed E-state index contributed by atoms with van der Waals surface area (Å²) in [7, 11) is 0. The molecule has 0 unspecified atom stereocenters. The van der Waals surface area contributed by atoms with Crippen LogP contribution in [0.25, 0.3) is 10.4 Å². The van der Waals surface area contributed by atoms with Crippen molar-refractivity contribution < 1.29 is 23.9 Å². The Balaban J connectivity index is 0.000000372. The third-order valence-electron chi connectivity index (χ3n) is 7.09. The van der Waals surface area contributed by atoms with Gasteiger partial charge in [-0.3, -0.25) is 9.59 Å². The predicted octanol–water partition coefficient (Wildman–Crippen LogP) is 8.24. The van der Waals surface area contributed by atoms with Crippen LogP contribution in [0.2, 0.25) is 0 Å². The van der Waals surface area contributed by atoms with E-state index in [1.165, 1.54) is 32.1 Å². The van der Waals surface area contributed by atoms with E-state index in [2.05, 4.69) is 29.9 Å². The highest BCUT2D eigenvalue weighted by atomic mass is 32.1. The lowest BCUT2D eigenvalue weighted by molar-refractivity contribution is -0.128. The molecule has 1 saturated carbocycles. The van der Waals surface area contributed by atoms with Crippen molar-refractivity contribution >= 4 is 35.3 Å². The maximum absolute atomic E-state index is 12.3. The van der Waals surface area contributed by atoms with E-state index in [1.807, 2.05) is 57.7 Å². The largest absolute Gasteiger partial charge is 0.468 e. The van der Waals surface area contributed by atoms with Gasteiger partial charge in [0.15, 0.2) is 0 Å². The highest BCUT2D eigenvalue weighted by molar-refractivity contribution is 7.19. The second-order valence-corrected chi connectivity index (χ2v) is 12.9. The quantitative estimate of drug-likeness (QED) is 0.241. The van der Waals surface area contributed by atoms with Gasteiger partial charge in [-0.15, -0.1) is 11.3 Å². The summed E-state index contributed by atoms with van der Waals surface area (Å²) in [5.41, 5.74) is 1.77. The van der Waals surface area contributed by atoms with Gasteiger partial charge in [0.25, 0.3) is 6.47 Å². The summed E-state index contributed by atoms with van der Waals surface area (Å²) in [6.07, 6.45) is 10.5. The van der Waals surface area contributed by atoms with Crippen molar-refractivity contribution in [3.05, 3.63) is 42.0 Å². The molecule has 2 heterocycles. The molecule has 7 nitrogen and oxygen atoms in total. The molecule has 1 aliphatic heterocycles. The Kier molecular flexibility index (Phi) is 14.9. The number of carbonyl (C=O) groups is 3. The van der Waals surface area contributed by atoms with Crippen molar-refractivity contribution in [2.45, 2.75) is 105 Å². The van der Waals surface area contributed by atoms with E-state index in [0.29, 0.717) is 26.2 Å². The van der Waals surface area contributed by atoms with Gasteiger partial charge in [-0.25, -0.2) is 4.79 Å². The summed E-state index contributed by atoms with van der Waals surface area (Å²) in [5.74, 6) is 1.04. The molecule has 2 aliphatic rings. The number of amides is 2. The van der Waals surface area contributed by atoms with Gasteiger partial charge >= 0.3 is 6.09 Å². The topological polar surface area (TPSA) is 76.2 Å². The van der Waals surface area contributed by atoms with Gasteiger partial charge < -0.3 is 19.3 Å². The number of rotatable bonds is 7. The number of piperidine rings is 1. The zero-order chi connectivity index (χ0) is 30.3. The number of carbonyl (C=O) groups excluding carboxylic acids is 3. The number of aryl methyl sites for hydroxylation is 1. The number of thiophene rings is 1. The summed E-state index contributed by atoms with van der Waals surface area (Å²) < 4.78 is 9.76. The number of likely N-dealkylation sites (tertiary alicyclic amines) is 1. The minimum atomic E-state index is -0.495. The minimum Gasteiger partial charge on any atom is -0.468 e. The van der Waals surface area contributed by atoms with Crippen LogP contribution in [0.4, 0.5) is 9.80 Å². The van der Waals surface area contributed by atoms with Crippen molar-refractivity contribution in [2.75, 3.05) is 24.6 Å². The van der Waals surface area contributed by atoms with Crippen molar-refractivity contribution in [3.63, 3.8) is 0 Å². The van der Waals surface area contributed by atoms with Crippen LogP contribution in [0.3, 0.4) is 0 Å². The normalized spacial score (nSPS) is 15.9. The third-order valence-corrected chi connectivity index (χ3v) is 8.39. The van der Waals surface area contributed by atoms with Crippen LogP contribution in [0.5, 0.6) is 0 Å². The lowest BCUT2D eigenvalue weighted by atomic mass is 9.91. The van der Waals surface area contributed by atoms with Crippen molar-refractivity contribution in [2.24, 2.45) is 5.92 Å². The molecule has 228 valence electrons. The fraction of sp³-hybridized carbons (Fsp3) is 0.606. The fourth-order valence-corrected chi connectivity index (χ4v) is 6.11. The predicted molar refractivity (Wildman–Crippen MR) is 168 cm³/mol. The SMILES string of the molecule is CC1CCCCC1.CCCOC=O.Cc1cc(-c2ccccc2)sc1N(C=O)C1CCN(C(=O)OC(C)(C)C)CC1. The Morgan fingerprint density at radius 1 is 1.05 bits per heavy atom. The van der Waals surface area contributed by atoms with Crippen molar-refractivity contribution in [3.8, 4) is 10.4 Å². The van der Waals surface area contributed by atoms with Crippen LogP contribution in [0.15, 0.2) is 36.4 Å². The second kappa shape index (κ2) is 17.8. The first-order chi connectivity index (χ1) is 19.6. The summed E-state index contributed by atoms with van der Waals surface area (Å²) >= 11 is 1.64. The Labute approximate surface area is 251 Å². The first-order valence-corrected chi connectivity index (χ1v) is 15.8. The van der Waals surface area contributed by atoms with E-state index in [-0.39, 0.29) is 12.1 Å². The maximum atomic E-state index is 12.3. The maximum Gasteiger partial charge on any atom is 0.410 e. The van der Waals surface area contributed by atoms with E-state index in [9.17, 15) is 14.4 Å². The molecule has 0 N–H and O–H groups in total. The van der Waals surface area contributed by atoms with Gasteiger partial charge in [0.05, 0.1) is 6.61 Å². The Bertz CT molecular complexity index is 1040. The standard InChI is InChI=1S/C22H28N2O3S.C7H14.C4H8O2/c1-16-14-19(17-8-6-5-7-9-17)28-20(16)24(15-25)18-10-12-23(13-11-18)21(26)27-22(2,3)4;1-7-5-3-2-4-6-7;1-2-3-6-4-5/h5-9,14-15,18H,10-13H2,1-4H3;7H,2-6H2,1H3;4H,2-3H2,1H3. The molecule has 41 heavy (non-hydrogen) atoms. The van der Waals surface area contributed by atoms with Crippen LogP contribution in [-0.2, 0) is 19.1 Å². The van der Waals surface area contributed by atoms with Crippen LogP contribution >= 0.6 is 11.3 Å². The molecular formula is C33H50N2O5S. The number of hydrogen-bond acceptors (Lipinski definition) is 6. The van der Waals surface area contributed by atoms with Gasteiger partial charge in [0.2, 0.25) is 6.41 Å². The monoisotopic (exact) mass is 586 g/mol. The first-order valence-electron chi connectivity index (χ1n) is 15.0. The zero-order valence-electron chi connectivity index (χ0n) is 25.9. The molecule has 2 aromatic rings. The Morgan fingerprint density at radius 3 is 2.15 bits per heavy atom. The van der Waals surface area contributed by atoms with Crippen LogP contribution in [0, 0.1) is 12.8 Å². The smallest absolute Gasteiger partial charge is 0.410 e. The lowest BCUT2D eigenvalue weighted by Gasteiger charge is -2.37. The highest BCUT2D eigenvalue weighted by Crippen LogP contribution is 2.38. The fourth-order valence-electron chi connectivity index (χ4n) is 4.90. The molecule has 8 heteroatoms. The lowest BCUT2D eigenvalue weighted by Crippen LogP contribution is -2.47. The average molecular weight is 587 g/mol. The van der Waals surface area contributed by atoms with Crippen LogP contribution in [0.1, 0.15) is 91.5 Å². The average Bonchev–Trinajstić information content (AvgIpc) is 3.34. The van der Waals surface area contributed by atoms with E-state index < -0.39 is 5.60 Å². The molecule has 0 spiro atoms. The molecule has 1 aromatic carbocycles. The molecule has 2 fully saturated rings. The number of anilines is 1. The molecule has 0 atom stereocenters. The molecule has 4 rings (SSSR count). The van der Waals surface area contributed by atoms with Gasteiger partial charge in [0, 0.05) is 24.0 Å². The molecule has 1 aromatic heterocycles. The summed E-state index contributed by atoms with van der Waals surface area (Å²) in [6, 6.07) is 12.4. The van der Waals surface area contributed by atoms with Gasteiger partial charge in [0.1, 0.15) is 10.6 Å². The Morgan fingerprint density at radius 2 is 1.68 bits per heavy atom. The number of ether oxygens (including phenoxy) is 2. The number of hydrogen-bond donors (Lipinski definition) is 0. The van der Waals surface area contributed by atoms with E-state index in [1.54, 1.807) is 16.2 Å². The summed E-state index contributed by atoms with van der Waals surface area (Å²) in [4.78, 5) is 38.3. The van der Waals surface area contributed by atoms with E-state index in [0.717, 1.165) is 52.6 Å². The number of benzene rings is 1. The highest BCUT2D eigenvalue weighted by Gasteiger charge is 2.30. The van der Waals surface area contributed by atoms with Crippen LogP contribution in [-0.4, -0.2) is 55.2 Å². The van der Waals surface area contributed by atoms with Gasteiger partial charge in [-0.05, 0) is 70.1 Å². The molecule has 1 saturated heterocycles. The molecule has 2 amide bonds. The van der Waals surface area contributed by atoms with E-state index in [4.69, 9.17) is 4.74 Å². The Hall–Kier alpha value is -2.87. The van der Waals surface area contributed by atoms with Crippen molar-refractivity contribution in [1.29, 1.82) is 0 Å². The van der Waals surface area contributed by atoms with Gasteiger partial charge in [-0.2, -0.15) is 0 Å². The van der Waals surface area contributed by atoms with Crippen molar-refractivity contribution in [1.82, 2.24) is 4.90 Å². The summed E-state index contributed by atoms with van der Waals surface area (Å²) in [6.45, 7) is 14.2. The first kappa shape index (κ1) is 34.3. The van der Waals surface area contributed by atoms with E-state index >= 15 is 0 Å². The van der Waals surface area contributed by atoms with Gasteiger partial charge in [-0.1, -0.05) is 76.3 Å². The molecule has 1 aliphatic carbocycles.